The van der Waals surface area contributed by atoms with E-state index >= 15 is 0 Å². The number of nitrogens with one attached hydrogen (secondary N) is 1. The molecular weight excluding hydrogens is 283 g/mol. The Kier molecular flexibility index (Phi) is 3.82. The monoisotopic (exact) mass is 298 g/mol. The predicted octanol–water partition coefficient (Wildman–Crippen LogP) is 2.41. The summed E-state index contributed by atoms with van der Waals surface area (Å²) in [7, 11) is 0. The first-order valence-electron chi connectivity index (χ1n) is 7.03. The lowest BCUT2D eigenvalue weighted by Gasteiger charge is -2.15. The molecule has 6 heteroatoms. The van der Waals surface area contributed by atoms with Crippen molar-refractivity contribution in [3.8, 4) is 0 Å². The Morgan fingerprint density at radius 2 is 2.00 bits per heavy atom. The smallest absolute Gasteiger partial charge is 0.283 e. The molecule has 0 aliphatic heterocycles. The average molecular weight is 298 g/mol. The highest BCUT2D eigenvalue weighted by Gasteiger charge is 2.11. The highest BCUT2D eigenvalue weighted by Crippen LogP contribution is 2.15. The number of anilines is 1. The van der Waals surface area contributed by atoms with E-state index in [-0.39, 0.29) is 11.4 Å². The van der Waals surface area contributed by atoms with Crippen molar-refractivity contribution >= 4 is 17.0 Å². The van der Waals surface area contributed by atoms with Gasteiger partial charge < -0.3 is 5.32 Å². The number of nitrogens with zero attached hydrogens (tertiary/aromatic N) is 3. The third kappa shape index (κ3) is 2.67. The van der Waals surface area contributed by atoms with E-state index in [0.29, 0.717) is 30.1 Å². The van der Waals surface area contributed by atoms with Crippen LogP contribution in [0, 0.1) is 5.82 Å². The molecule has 22 heavy (non-hydrogen) atoms. The van der Waals surface area contributed by atoms with Crippen molar-refractivity contribution in [2.24, 2.45) is 0 Å². The fourth-order valence-corrected chi connectivity index (χ4v) is 2.31. The molecule has 3 aromatic rings. The Hall–Kier alpha value is -2.76. The molecule has 0 saturated heterocycles. The number of pyridine rings is 1. The molecule has 0 amide bonds. The van der Waals surface area contributed by atoms with Crippen LogP contribution in [0.15, 0.2) is 47.4 Å². The topological polar surface area (TPSA) is 59.8 Å². The number of hydrogen-bond donors (Lipinski definition) is 1. The number of fused-ring (bicyclic) bond motifs is 1. The molecule has 0 fully saturated rings. The molecule has 0 spiro atoms. The fraction of sp³-hybridized carbons (Fsp3) is 0.188. The van der Waals surface area contributed by atoms with Crippen LogP contribution in [0.25, 0.3) is 11.0 Å². The molecular formula is C16H15FN4O. The van der Waals surface area contributed by atoms with E-state index in [9.17, 15) is 9.18 Å². The minimum atomic E-state index is -0.311. The lowest BCUT2D eigenvalue weighted by molar-refractivity contribution is 0.626. The Morgan fingerprint density at radius 3 is 2.73 bits per heavy atom. The molecule has 0 aliphatic carbocycles. The minimum Gasteiger partial charge on any atom is -0.356 e. The maximum absolute atomic E-state index is 13.0. The van der Waals surface area contributed by atoms with Crippen LogP contribution in [-0.4, -0.2) is 21.1 Å². The number of rotatable bonds is 4. The van der Waals surface area contributed by atoms with Gasteiger partial charge in [0.05, 0.1) is 11.9 Å². The van der Waals surface area contributed by atoms with Crippen LogP contribution in [0.4, 0.5) is 10.3 Å². The molecule has 0 unspecified atom stereocenters. The summed E-state index contributed by atoms with van der Waals surface area (Å²) in [4.78, 5) is 20.5. The fourth-order valence-electron chi connectivity index (χ4n) is 2.31. The third-order valence-corrected chi connectivity index (χ3v) is 3.32. The predicted molar refractivity (Wildman–Crippen MR) is 83.5 cm³/mol. The van der Waals surface area contributed by atoms with Gasteiger partial charge in [-0.15, -0.1) is 0 Å². The van der Waals surface area contributed by atoms with Gasteiger partial charge in [-0.2, -0.15) is 4.98 Å². The second-order valence-electron chi connectivity index (χ2n) is 4.86. The van der Waals surface area contributed by atoms with Gasteiger partial charge in [0, 0.05) is 12.7 Å². The van der Waals surface area contributed by atoms with Crippen LogP contribution >= 0.6 is 0 Å². The van der Waals surface area contributed by atoms with E-state index in [2.05, 4.69) is 15.3 Å². The number of aromatic nitrogens is 3. The molecule has 0 radical (unpaired) electrons. The molecule has 2 heterocycles. The molecule has 2 aromatic heterocycles. The standard InChI is InChI=1S/C16H15FN4O/c1-2-18-16-20-15(22)13-4-3-9-19-14(13)21(16)10-11-5-7-12(17)8-6-11/h3-9H,2,10H2,1H3,(H,18,20,22). The van der Waals surface area contributed by atoms with Gasteiger partial charge in [-0.25, -0.2) is 9.37 Å². The zero-order valence-corrected chi connectivity index (χ0v) is 12.1. The summed E-state index contributed by atoms with van der Waals surface area (Å²) in [6.45, 7) is 3.01. The second kappa shape index (κ2) is 5.93. The molecule has 5 nitrogen and oxygen atoms in total. The lowest BCUT2D eigenvalue weighted by Crippen LogP contribution is -2.20. The molecule has 0 saturated carbocycles. The van der Waals surface area contributed by atoms with Crippen molar-refractivity contribution in [1.29, 1.82) is 0 Å². The van der Waals surface area contributed by atoms with E-state index in [0.717, 1.165) is 5.56 Å². The quantitative estimate of drug-likeness (QED) is 0.803. The molecule has 0 aliphatic rings. The average Bonchev–Trinajstić information content (AvgIpc) is 2.53. The summed E-state index contributed by atoms with van der Waals surface area (Å²) >= 11 is 0. The van der Waals surface area contributed by atoms with Gasteiger partial charge >= 0.3 is 0 Å². The van der Waals surface area contributed by atoms with Gasteiger partial charge in [0.2, 0.25) is 5.95 Å². The van der Waals surface area contributed by atoms with Gasteiger partial charge in [-0.05, 0) is 36.8 Å². The van der Waals surface area contributed by atoms with E-state index in [1.165, 1.54) is 12.1 Å². The first kappa shape index (κ1) is 14.2. The first-order valence-corrected chi connectivity index (χ1v) is 7.03. The largest absolute Gasteiger partial charge is 0.356 e. The van der Waals surface area contributed by atoms with E-state index in [1.807, 2.05) is 11.5 Å². The van der Waals surface area contributed by atoms with Crippen LogP contribution < -0.4 is 10.9 Å². The number of benzene rings is 1. The summed E-state index contributed by atoms with van der Waals surface area (Å²) in [6, 6.07) is 9.65. The molecule has 0 atom stereocenters. The van der Waals surface area contributed by atoms with Crippen molar-refractivity contribution in [1.82, 2.24) is 14.5 Å². The number of halogens is 1. The van der Waals surface area contributed by atoms with Crippen LogP contribution in [0.1, 0.15) is 12.5 Å². The Bertz CT molecular complexity index is 858. The summed E-state index contributed by atoms with van der Waals surface area (Å²) in [6.07, 6.45) is 1.64. The van der Waals surface area contributed by atoms with Crippen molar-refractivity contribution in [3.63, 3.8) is 0 Å². The maximum Gasteiger partial charge on any atom is 0.283 e. The van der Waals surface area contributed by atoms with Crippen molar-refractivity contribution in [2.75, 3.05) is 11.9 Å². The Morgan fingerprint density at radius 1 is 1.23 bits per heavy atom. The number of hydrogen-bond acceptors (Lipinski definition) is 4. The van der Waals surface area contributed by atoms with Gasteiger partial charge in [0.15, 0.2) is 0 Å². The van der Waals surface area contributed by atoms with Crippen molar-refractivity contribution < 1.29 is 4.39 Å². The lowest BCUT2D eigenvalue weighted by atomic mass is 10.2. The minimum absolute atomic E-state index is 0.281. The van der Waals surface area contributed by atoms with Crippen molar-refractivity contribution in [3.05, 3.63) is 64.3 Å². The normalized spacial score (nSPS) is 10.8. The molecule has 1 aromatic carbocycles. The Labute approximate surface area is 126 Å². The van der Waals surface area contributed by atoms with Gasteiger partial charge in [-0.1, -0.05) is 12.1 Å². The molecule has 3 rings (SSSR count). The van der Waals surface area contributed by atoms with E-state index in [1.54, 1.807) is 30.5 Å². The van der Waals surface area contributed by atoms with Crippen molar-refractivity contribution in [2.45, 2.75) is 13.5 Å². The maximum atomic E-state index is 13.0. The molecule has 0 bridgehead atoms. The Balaban J connectivity index is 2.16. The van der Waals surface area contributed by atoms with Gasteiger partial charge in [0.1, 0.15) is 11.5 Å². The third-order valence-electron chi connectivity index (χ3n) is 3.32. The summed E-state index contributed by atoms with van der Waals surface area (Å²) in [5, 5.41) is 3.54. The molecule has 1 N–H and O–H groups in total. The van der Waals surface area contributed by atoms with E-state index in [4.69, 9.17) is 0 Å². The van der Waals surface area contributed by atoms with Crippen LogP contribution in [0.3, 0.4) is 0 Å². The van der Waals surface area contributed by atoms with Gasteiger partial charge in [-0.3, -0.25) is 9.36 Å². The summed E-state index contributed by atoms with van der Waals surface area (Å²) in [5.74, 6) is 0.180. The SMILES string of the molecule is CCNc1nc(=O)c2cccnc2n1Cc1ccc(F)cc1. The zero-order valence-electron chi connectivity index (χ0n) is 12.1. The second-order valence-corrected chi connectivity index (χ2v) is 4.86. The highest BCUT2D eigenvalue weighted by molar-refractivity contribution is 5.75. The van der Waals surface area contributed by atoms with E-state index < -0.39 is 0 Å². The van der Waals surface area contributed by atoms with Gasteiger partial charge in [0.25, 0.3) is 5.56 Å². The molecule has 112 valence electrons. The van der Waals surface area contributed by atoms with Crippen LogP contribution in [0.5, 0.6) is 0 Å². The van der Waals surface area contributed by atoms with Crippen LogP contribution in [-0.2, 0) is 6.54 Å². The van der Waals surface area contributed by atoms with Crippen LogP contribution in [0.2, 0.25) is 0 Å². The first-order chi connectivity index (χ1) is 10.7. The zero-order chi connectivity index (χ0) is 15.5. The highest BCUT2D eigenvalue weighted by atomic mass is 19.1. The summed E-state index contributed by atoms with van der Waals surface area (Å²) in [5.41, 5.74) is 1.15. The summed E-state index contributed by atoms with van der Waals surface area (Å²) < 4.78 is 14.9.